The monoisotopic (exact) mass is 329 g/mol. The van der Waals surface area contributed by atoms with E-state index in [1.807, 2.05) is 6.92 Å². The van der Waals surface area contributed by atoms with E-state index in [0.717, 1.165) is 11.3 Å². The molecule has 0 bridgehead atoms. The molecule has 1 fully saturated rings. The predicted octanol–water partition coefficient (Wildman–Crippen LogP) is 2.29. The molecule has 1 aromatic carbocycles. The maximum Gasteiger partial charge on any atom is 0.156 e. The number of aryl methyl sites for hydroxylation is 1. The van der Waals surface area contributed by atoms with Crippen LogP contribution in [-0.4, -0.2) is 43.2 Å². The molecule has 0 atom stereocenters. The van der Waals surface area contributed by atoms with Gasteiger partial charge in [-0.2, -0.15) is 0 Å². The summed E-state index contributed by atoms with van der Waals surface area (Å²) in [5, 5.41) is 9.34. The zero-order valence-electron chi connectivity index (χ0n) is 13.3. The Morgan fingerprint density at radius 2 is 1.91 bits per heavy atom. The zero-order chi connectivity index (χ0) is 16.5. The molecule has 1 aromatic rings. The second-order valence-electron chi connectivity index (χ2n) is 6.74. The number of piperidine rings is 1. The molecule has 0 unspecified atom stereocenters. The molecule has 1 N–H and O–H groups in total. The van der Waals surface area contributed by atoms with Gasteiger partial charge in [0.05, 0.1) is 16.6 Å². The summed E-state index contributed by atoms with van der Waals surface area (Å²) in [5.41, 5.74) is 0.612. The first-order chi connectivity index (χ1) is 10.1. The minimum absolute atomic E-state index is 0.208. The Morgan fingerprint density at radius 3 is 2.41 bits per heavy atom. The molecule has 124 valence electrons. The molecule has 4 nitrogen and oxygen atoms in total. The molecule has 0 amide bonds. The van der Waals surface area contributed by atoms with E-state index < -0.39 is 20.7 Å². The second kappa shape index (κ2) is 6.16. The van der Waals surface area contributed by atoms with E-state index >= 15 is 0 Å². The van der Waals surface area contributed by atoms with Crippen LogP contribution in [0.3, 0.4) is 0 Å². The Kier molecular flexibility index (Phi) is 4.82. The molecule has 22 heavy (non-hydrogen) atoms. The van der Waals surface area contributed by atoms with Gasteiger partial charge >= 0.3 is 0 Å². The van der Waals surface area contributed by atoms with Crippen LogP contribution in [0.5, 0.6) is 0 Å². The van der Waals surface area contributed by atoms with Crippen LogP contribution in [-0.2, 0) is 9.84 Å². The Balaban J connectivity index is 2.04. The van der Waals surface area contributed by atoms with Crippen molar-refractivity contribution in [2.75, 3.05) is 23.7 Å². The van der Waals surface area contributed by atoms with E-state index in [-0.39, 0.29) is 11.6 Å². The molecule has 1 saturated heterocycles. The highest BCUT2D eigenvalue weighted by Crippen LogP contribution is 2.27. The van der Waals surface area contributed by atoms with Crippen molar-refractivity contribution in [1.82, 2.24) is 0 Å². The van der Waals surface area contributed by atoms with Gasteiger partial charge in [-0.05, 0) is 57.4 Å². The van der Waals surface area contributed by atoms with Gasteiger partial charge in [0.1, 0.15) is 5.82 Å². The van der Waals surface area contributed by atoms with E-state index in [9.17, 15) is 17.9 Å². The van der Waals surface area contributed by atoms with Crippen LogP contribution in [0.1, 0.15) is 32.3 Å². The van der Waals surface area contributed by atoms with Gasteiger partial charge in [0, 0.05) is 18.8 Å². The van der Waals surface area contributed by atoms with Crippen molar-refractivity contribution in [3.8, 4) is 0 Å². The van der Waals surface area contributed by atoms with E-state index in [0.29, 0.717) is 25.9 Å². The molecule has 0 saturated carbocycles. The molecule has 6 heteroatoms. The van der Waals surface area contributed by atoms with Crippen LogP contribution in [0.2, 0.25) is 0 Å². The average molecular weight is 329 g/mol. The van der Waals surface area contributed by atoms with Gasteiger partial charge in [0.15, 0.2) is 9.84 Å². The third-order valence-electron chi connectivity index (χ3n) is 4.00. The third kappa shape index (κ3) is 4.20. The molecule has 1 heterocycles. The second-order valence-corrected chi connectivity index (χ2v) is 9.02. The lowest BCUT2D eigenvalue weighted by Gasteiger charge is -2.35. The fourth-order valence-electron chi connectivity index (χ4n) is 3.04. The topological polar surface area (TPSA) is 57.6 Å². The van der Waals surface area contributed by atoms with Gasteiger partial charge in [0.25, 0.3) is 0 Å². The number of anilines is 1. The highest BCUT2D eigenvalue weighted by atomic mass is 32.2. The quantitative estimate of drug-likeness (QED) is 0.921. The van der Waals surface area contributed by atoms with E-state index in [1.54, 1.807) is 6.07 Å². The molecule has 0 spiro atoms. The maximum atomic E-state index is 13.2. The Bertz CT molecular complexity index is 629. The number of sulfone groups is 1. The molecular formula is C16H24FNO3S. The maximum absolute atomic E-state index is 13.2. The minimum atomic E-state index is -3.30. The van der Waals surface area contributed by atoms with Crippen molar-refractivity contribution in [2.24, 2.45) is 0 Å². The summed E-state index contributed by atoms with van der Waals surface area (Å²) in [6.45, 7) is 6.14. The van der Waals surface area contributed by atoms with Crippen molar-refractivity contribution in [3.05, 3.63) is 29.6 Å². The molecule has 2 rings (SSSR count). The molecule has 1 aliphatic heterocycles. The first-order valence-electron chi connectivity index (χ1n) is 7.53. The number of halogens is 1. The molecule has 1 aliphatic rings. The molecular weight excluding hydrogens is 305 g/mol. The van der Waals surface area contributed by atoms with Gasteiger partial charge in [0.2, 0.25) is 0 Å². The zero-order valence-corrected chi connectivity index (χ0v) is 14.2. The molecule has 0 aliphatic carbocycles. The van der Waals surface area contributed by atoms with Crippen LogP contribution < -0.4 is 4.90 Å². The third-order valence-corrected chi connectivity index (χ3v) is 6.60. The Morgan fingerprint density at radius 1 is 1.32 bits per heavy atom. The molecule has 0 radical (unpaired) electrons. The SMILES string of the molecule is Cc1cc(F)ccc1N1CCC(S(=O)(=O)CC(C)(C)O)CC1. The van der Waals surface area contributed by atoms with Crippen molar-refractivity contribution >= 4 is 15.5 Å². The lowest BCUT2D eigenvalue weighted by atomic mass is 10.1. The van der Waals surface area contributed by atoms with E-state index in [4.69, 9.17) is 0 Å². The first-order valence-corrected chi connectivity index (χ1v) is 9.25. The van der Waals surface area contributed by atoms with Crippen LogP contribution >= 0.6 is 0 Å². The van der Waals surface area contributed by atoms with Gasteiger partial charge < -0.3 is 10.0 Å². The summed E-state index contributed by atoms with van der Waals surface area (Å²) in [5.74, 6) is -0.468. The summed E-state index contributed by atoms with van der Waals surface area (Å²) >= 11 is 0. The number of benzene rings is 1. The molecule has 0 aromatic heterocycles. The summed E-state index contributed by atoms with van der Waals surface area (Å²) < 4.78 is 37.8. The number of aliphatic hydroxyl groups is 1. The number of rotatable bonds is 4. The highest BCUT2D eigenvalue weighted by Gasteiger charge is 2.34. The van der Waals surface area contributed by atoms with E-state index in [1.165, 1.54) is 26.0 Å². The minimum Gasteiger partial charge on any atom is -0.389 e. The normalized spacial score (nSPS) is 17.8. The highest BCUT2D eigenvalue weighted by molar-refractivity contribution is 7.92. The van der Waals surface area contributed by atoms with Gasteiger partial charge in [-0.1, -0.05) is 0 Å². The van der Waals surface area contributed by atoms with Crippen molar-refractivity contribution < 1.29 is 17.9 Å². The van der Waals surface area contributed by atoms with Crippen LogP contribution in [0.25, 0.3) is 0 Å². The predicted molar refractivity (Wildman–Crippen MR) is 86.5 cm³/mol. The first kappa shape index (κ1) is 17.2. The fourth-order valence-corrected chi connectivity index (χ4v) is 5.19. The van der Waals surface area contributed by atoms with Crippen LogP contribution in [0, 0.1) is 12.7 Å². The van der Waals surface area contributed by atoms with E-state index in [2.05, 4.69) is 4.90 Å². The average Bonchev–Trinajstić information content (AvgIpc) is 2.36. The van der Waals surface area contributed by atoms with Gasteiger partial charge in [-0.15, -0.1) is 0 Å². The smallest absolute Gasteiger partial charge is 0.156 e. The Labute approximate surface area is 131 Å². The van der Waals surface area contributed by atoms with Crippen molar-refractivity contribution in [2.45, 2.75) is 44.5 Å². The lowest BCUT2D eigenvalue weighted by molar-refractivity contribution is 0.104. The van der Waals surface area contributed by atoms with Gasteiger partial charge in [-0.3, -0.25) is 0 Å². The Hall–Kier alpha value is -1.14. The summed E-state index contributed by atoms with van der Waals surface area (Å²) in [4.78, 5) is 2.10. The summed E-state index contributed by atoms with van der Waals surface area (Å²) in [6.07, 6.45) is 1.07. The fraction of sp³-hybridized carbons (Fsp3) is 0.625. The van der Waals surface area contributed by atoms with Crippen molar-refractivity contribution in [3.63, 3.8) is 0 Å². The summed E-state index contributed by atoms with van der Waals surface area (Å²) in [7, 11) is -3.30. The van der Waals surface area contributed by atoms with Gasteiger partial charge in [-0.25, -0.2) is 12.8 Å². The number of hydrogen-bond acceptors (Lipinski definition) is 4. The number of nitrogens with zero attached hydrogens (tertiary/aromatic N) is 1. The standard InChI is InChI=1S/C16H24FNO3S/c1-12-10-13(17)4-5-15(12)18-8-6-14(7-9-18)22(20,21)11-16(2,3)19/h4-5,10,14,19H,6-9,11H2,1-3H3. The number of hydrogen-bond donors (Lipinski definition) is 1. The van der Waals surface area contributed by atoms with Crippen LogP contribution in [0.15, 0.2) is 18.2 Å². The van der Waals surface area contributed by atoms with Crippen molar-refractivity contribution in [1.29, 1.82) is 0 Å². The lowest BCUT2D eigenvalue weighted by Crippen LogP contribution is -2.43. The largest absolute Gasteiger partial charge is 0.389 e. The summed E-state index contributed by atoms with van der Waals surface area (Å²) in [6, 6.07) is 4.67. The van der Waals surface area contributed by atoms with Crippen LogP contribution in [0.4, 0.5) is 10.1 Å².